The number of halogens is 1. The molecule has 0 saturated carbocycles. The predicted octanol–water partition coefficient (Wildman–Crippen LogP) is 2.10. The maximum absolute atomic E-state index is 3.46. The van der Waals surface area contributed by atoms with Crippen LogP contribution >= 0.6 is 15.9 Å². The number of benzene rings is 1. The molecule has 1 aromatic carbocycles. The standard InChI is InChI=1S/C11H17BrN2/c1-14(2)7-6-13-9-10-4-3-5-11(12)8-10/h3-5,8,13H,6-7,9H2,1-2H3. The first kappa shape index (κ1) is 11.7. The van der Waals surface area contributed by atoms with Gasteiger partial charge in [-0.1, -0.05) is 28.1 Å². The van der Waals surface area contributed by atoms with Gasteiger partial charge in [0.25, 0.3) is 0 Å². The molecule has 0 radical (unpaired) electrons. The number of nitrogens with one attached hydrogen (secondary N) is 1. The molecule has 0 amide bonds. The Bertz CT molecular complexity index is 274. The monoisotopic (exact) mass is 256 g/mol. The van der Waals surface area contributed by atoms with Crippen LogP contribution in [0.15, 0.2) is 28.7 Å². The highest BCUT2D eigenvalue weighted by atomic mass is 79.9. The molecule has 0 aliphatic heterocycles. The van der Waals surface area contributed by atoms with Crippen molar-refractivity contribution in [3.63, 3.8) is 0 Å². The van der Waals surface area contributed by atoms with Crippen LogP contribution in [0.25, 0.3) is 0 Å². The first-order chi connectivity index (χ1) is 6.68. The molecule has 3 heteroatoms. The second-order valence-corrected chi connectivity index (χ2v) is 4.53. The zero-order valence-electron chi connectivity index (χ0n) is 8.76. The van der Waals surface area contributed by atoms with E-state index in [0.717, 1.165) is 24.1 Å². The van der Waals surface area contributed by atoms with Gasteiger partial charge in [-0.3, -0.25) is 0 Å². The zero-order chi connectivity index (χ0) is 10.4. The predicted molar refractivity (Wildman–Crippen MR) is 64.4 cm³/mol. The van der Waals surface area contributed by atoms with Gasteiger partial charge in [0.1, 0.15) is 0 Å². The maximum Gasteiger partial charge on any atom is 0.0206 e. The smallest absolute Gasteiger partial charge is 0.0206 e. The first-order valence-corrected chi connectivity index (χ1v) is 5.57. The van der Waals surface area contributed by atoms with Gasteiger partial charge in [-0.25, -0.2) is 0 Å². The summed E-state index contributed by atoms with van der Waals surface area (Å²) in [4.78, 5) is 2.17. The molecule has 0 aromatic heterocycles. The Morgan fingerprint density at radius 2 is 2.14 bits per heavy atom. The van der Waals surface area contributed by atoms with E-state index < -0.39 is 0 Å². The Labute approximate surface area is 94.4 Å². The minimum absolute atomic E-state index is 0.938. The van der Waals surface area contributed by atoms with Gasteiger partial charge in [0.15, 0.2) is 0 Å². The fourth-order valence-electron chi connectivity index (χ4n) is 1.18. The average molecular weight is 257 g/mol. The topological polar surface area (TPSA) is 15.3 Å². The summed E-state index contributed by atoms with van der Waals surface area (Å²) < 4.78 is 1.14. The summed E-state index contributed by atoms with van der Waals surface area (Å²) in [5.41, 5.74) is 1.32. The van der Waals surface area contributed by atoms with Gasteiger partial charge < -0.3 is 10.2 Å². The quantitative estimate of drug-likeness (QED) is 0.813. The number of nitrogens with zero attached hydrogens (tertiary/aromatic N) is 1. The van der Waals surface area contributed by atoms with E-state index in [4.69, 9.17) is 0 Å². The lowest BCUT2D eigenvalue weighted by Crippen LogP contribution is -2.26. The van der Waals surface area contributed by atoms with Crippen molar-refractivity contribution in [3.8, 4) is 0 Å². The highest BCUT2D eigenvalue weighted by molar-refractivity contribution is 9.10. The van der Waals surface area contributed by atoms with Gasteiger partial charge in [-0.05, 0) is 31.8 Å². The van der Waals surface area contributed by atoms with Crippen LogP contribution in [0, 0.1) is 0 Å². The summed E-state index contributed by atoms with van der Waals surface area (Å²) in [6.07, 6.45) is 0. The minimum Gasteiger partial charge on any atom is -0.311 e. The second kappa shape index (κ2) is 6.17. The molecule has 0 heterocycles. The van der Waals surface area contributed by atoms with Gasteiger partial charge in [-0.15, -0.1) is 0 Å². The molecule has 14 heavy (non-hydrogen) atoms. The third-order valence-corrected chi connectivity index (χ3v) is 2.45. The number of hydrogen-bond donors (Lipinski definition) is 1. The highest BCUT2D eigenvalue weighted by Gasteiger charge is 1.93. The lowest BCUT2D eigenvalue weighted by Gasteiger charge is -2.10. The lowest BCUT2D eigenvalue weighted by molar-refractivity contribution is 0.400. The van der Waals surface area contributed by atoms with E-state index in [-0.39, 0.29) is 0 Å². The van der Waals surface area contributed by atoms with Gasteiger partial charge >= 0.3 is 0 Å². The zero-order valence-corrected chi connectivity index (χ0v) is 10.3. The van der Waals surface area contributed by atoms with Crippen LogP contribution in [0.3, 0.4) is 0 Å². The van der Waals surface area contributed by atoms with E-state index in [1.807, 2.05) is 6.07 Å². The van der Waals surface area contributed by atoms with Crippen molar-refractivity contribution in [1.82, 2.24) is 10.2 Å². The molecule has 0 saturated heterocycles. The van der Waals surface area contributed by atoms with E-state index in [1.54, 1.807) is 0 Å². The molecule has 0 atom stereocenters. The van der Waals surface area contributed by atoms with Crippen LogP contribution < -0.4 is 5.32 Å². The molecule has 1 aromatic rings. The molecule has 0 fully saturated rings. The van der Waals surface area contributed by atoms with Crippen LogP contribution in [-0.4, -0.2) is 32.1 Å². The third-order valence-electron chi connectivity index (χ3n) is 1.95. The largest absolute Gasteiger partial charge is 0.311 e. The number of likely N-dealkylation sites (N-methyl/N-ethyl adjacent to an activating group) is 1. The molecule has 0 aliphatic rings. The van der Waals surface area contributed by atoms with Crippen LogP contribution in [0.1, 0.15) is 5.56 Å². The molecule has 0 unspecified atom stereocenters. The van der Waals surface area contributed by atoms with Crippen molar-refractivity contribution in [2.24, 2.45) is 0 Å². The van der Waals surface area contributed by atoms with Crippen LogP contribution in [0.2, 0.25) is 0 Å². The van der Waals surface area contributed by atoms with Crippen molar-refractivity contribution in [2.75, 3.05) is 27.2 Å². The van der Waals surface area contributed by atoms with E-state index in [1.165, 1.54) is 5.56 Å². The summed E-state index contributed by atoms with van der Waals surface area (Å²) >= 11 is 3.46. The Hall–Kier alpha value is -0.380. The SMILES string of the molecule is CN(C)CCNCc1cccc(Br)c1. The summed E-state index contributed by atoms with van der Waals surface area (Å²) in [6, 6.07) is 8.38. The molecule has 1 rings (SSSR count). The molecule has 1 N–H and O–H groups in total. The normalized spacial score (nSPS) is 10.9. The van der Waals surface area contributed by atoms with Gasteiger partial charge in [0.2, 0.25) is 0 Å². The minimum atomic E-state index is 0.938. The second-order valence-electron chi connectivity index (χ2n) is 3.61. The van der Waals surface area contributed by atoms with Crippen molar-refractivity contribution < 1.29 is 0 Å². The summed E-state index contributed by atoms with van der Waals surface area (Å²) in [7, 11) is 4.17. The molecule has 0 spiro atoms. The Kier molecular flexibility index (Phi) is 5.15. The van der Waals surface area contributed by atoms with Gasteiger partial charge in [0, 0.05) is 24.1 Å². The molecular formula is C11H17BrN2. The molecule has 0 aliphatic carbocycles. The van der Waals surface area contributed by atoms with E-state index in [0.29, 0.717) is 0 Å². The van der Waals surface area contributed by atoms with E-state index in [9.17, 15) is 0 Å². The lowest BCUT2D eigenvalue weighted by atomic mass is 10.2. The van der Waals surface area contributed by atoms with Crippen molar-refractivity contribution in [1.29, 1.82) is 0 Å². The molecule has 78 valence electrons. The number of hydrogen-bond acceptors (Lipinski definition) is 2. The first-order valence-electron chi connectivity index (χ1n) is 4.78. The average Bonchev–Trinajstić information content (AvgIpc) is 2.12. The van der Waals surface area contributed by atoms with Crippen molar-refractivity contribution in [3.05, 3.63) is 34.3 Å². The van der Waals surface area contributed by atoms with Crippen molar-refractivity contribution >= 4 is 15.9 Å². The summed E-state index contributed by atoms with van der Waals surface area (Å²) in [5.74, 6) is 0. The molecular weight excluding hydrogens is 240 g/mol. The van der Waals surface area contributed by atoms with Gasteiger partial charge in [-0.2, -0.15) is 0 Å². The molecule has 2 nitrogen and oxygen atoms in total. The Morgan fingerprint density at radius 3 is 2.79 bits per heavy atom. The highest BCUT2D eigenvalue weighted by Crippen LogP contribution is 2.10. The van der Waals surface area contributed by atoms with Crippen LogP contribution in [-0.2, 0) is 6.54 Å². The fraction of sp³-hybridized carbons (Fsp3) is 0.455. The van der Waals surface area contributed by atoms with Gasteiger partial charge in [0.05, 0.1) is 0 Å². The molecule has 0 bridgehead atoms. The summed E-state index contributed by atoms with van der Waals surface area (Å²) in [5, 5.41) is 3.40. The van der Waals surface area contributed by atoms with Crippen LogP contribution in [0.5, 0.6) is 0 Å². The van der Waals surface area contributed by atoms with E-state index >= 15 is 0 Å². The van der Waals surface area contributed by atoms with Crippen molar-refractivity contribution in [2.45, 2.75) is 6.54 Å². The van der Waals surface area contributed by atoms with E-state index in [2.05, 4.69) is 58.4 Å². The fourth-order valence-corrected chi connectivity index (χ4v) is 1.63. The Morgan fingerprint density at radius 1 is 1.36 bits per heavy atom. The number of rotatable bonds is 5. The Balaban J connectivity index is 2.25. The third kappa shape index (κ3) is 4.74. The maximum atomic E-state index is 3.46. The van der Waals surface area contributed by atoms with Crippen LogP contribution in [0.4, 0.5) is 0 Å². The summed E-state index contributed by atoms with van der Waals surface area (Å²) in [6.45, 7) is 3.04.